The SMILES string of the molecule is CCn1ncnc1COc1cc(OC)ccc1CCl. The molecule has 0 aliphatic carbocycles. The fourth-order valence-electron chi connectivity index (χ4n) is 1.71. The van der Waals surface area contributed by atoms with Crippen molar-refractivity contribution in [3.63, 3.8) is 0 Å². The average Bonchev–Trinajstić information content (AvgIpc) is 2.92. The Morgan fingerprint density at radius 1 is 1.37 bits per heavy atom. The number of aromatic nitrogens is 3. The molecular weight excluding hydrogens is 266 g/mol. The van der Waals surface area contributed by atoms with Gasteiger partial charge in [0.05, 0.1) is 13.0 Å². The van der Waals surface area contributed by atoms with Gasteiger partial charge in [-0.1, -0.05) is 6.07 Å². The minimum atomic E-state index is 0.352. The lowest BCUT2D eigenvalue weighted by Gasteiger charge is -2.11. The van der Waals surface area contributed by atoms with Gasteiger partial charge in [0.25, 0.3) is 0 Å². The number of methoxy groups -OCH3 is 1. The highest BCUT2D eigenvalue weighted by atomic mass is 35.5. The van der Waals surface area contributed by atoms with Crippen molar-refractivity contribution in [3.8, 4) is 11.5 Å². The van der Waals surface area contributed by atoms with Gasteiger partial charge in [0.1, 0.15) is 24.4 Å². The molecule has 102 valence electrons. The molecule has 0 spiro atoms. The molecule has 1 aromatic heterocycles. The topological polar surface area (TPSA) is 49.2 Å². The summed E-state index contributed by atoms with van der Waals surface area (Å²) in [6.45, 7) is 3.12. The molecule has 19 heavy (non-hydrogen) atoms. The summed E-state index contributed by atoms with van der Waals surface area (Å²) in [5, 5.41) is 4.10. The maximum Gasteiger partial charge on any atom is 0.164 e. The fraction of sp³-hybridized carbons (Fsp3) is 0.385. The van der Waals surface area contributed by atoms with E-state index >= 15 is 0 Å². The van der Waals surface area contributed by atoms with Crippen molar-refractivity contribution in [2.24, 2.45) is 0 Å². The molecule has 0 aliphatic rings. The van der Waals surface area contributed by atoms with E-state index < -0.39 is 0 Å². The van der Waals surface area contributed by atoms with Gasteiger partial charge in [-0.25, -0.2) is 9.67 Å². The van der Waals surface area contributed by atoms with Crippen molar-refractivity contribution in [1.82, 2.24) is 14.8 Å². The standard InChI is InChI=1S/C13H16ClN3O2/c1-3-17-13(15-9-16-17)8-19-12-6-11(18-2)5-4-10(12)7-14/h4-6,9H,3,7-8H2,1-2H3. The highest BCUT2D eigenvalue weighted by Gasteiger charge is 2.08. The molecule has 1 aromatic carbocycles. The Kier molecular flexibility index (Phi) is 4.63. The molecule has 0 amide bonds. The Labute approximate surface area is 117 Å². The summed E-state index contributed by atoms with van der Waals surface area (Å²) in [5.41, 5.74) is 0.921. The van der Waals surface area contributed by atoms with E-state index in [1.807, 2.05) is 25.1 Å². The third-order valence-corrected chi connectivity index (χ3v) is 3.06. The third-order valence-electron chi connectivity index (χ3n) is 2.77. The Hall–Kier alpha value is -1.75. The van der Waals surface area contributed by atoms with Crippen LogP contribution in [0.1, 0.15) is 18.3 Å². The second kappa shape index (κ2) is 6.43. The normalized spacial score (nSPS) is 10.5. The first kappa shape index (κ1) is 13.7. The second-order valence-electron chi connectivity index (χ2n) is 3.89. The van der Waals surface area contributed by atoms with Crippen molar-refractivity contribution in [3.05, 3.63) is 35.9 Å². The summed E-state index contributed by atoms with van der Waals surface area (Å²) >= 11 is 5.89. The lowest BCUT2D eigenvalue weighted by Crippen LogP contribution is -2.08. The van der Waals surface area contributed by atoms with Crippen LogP contribution in [0.3, 0.4) is 0 Å². The van der Waals surface area contributed by atoms with Crippen molar-refractivity contribution < 1.29 is 9.47 Å². The van der Waals surface area contributed by atoms with Crippen LogP contribution in [0.25, 0.3) is 0 Å². The molecule has 2 rings (SSSR count). The van der Waals surface area contributed by atoms with Gasteiger partial charge in [0.2, 0.25) is 0 Å². The zero-order chi connectivity index (χ0) is 13.7. The number of hydrogen-bond acceptors (Lipinski definition) is 4. The van der Waals surface area contributed by atoms with E-state index in [2.05, 4.69) is 10.1 Å². The predicted octanol–water partition coefficient (Wildman–Crippen LogP) is 2.62. The molecule has 0 fully saturated rings. The van der Waals surface area contributed by atoms with Crippen molar-refractivity contribution in [2.45, 2.75) is 26.0 Å². The maximum atomic E-state index is 5.89. The molecule has 0 aliphatic heterocycles. The zero-order valence-electron chi connectivity index (χ0n) is 11.0. The van der Waals surface area contributed by atoms with Crippen LogP contribution < -0.4 is 9.47 Å². The summed E-state index contributed by atoms with van der Waals surface area (Å²) in [6.07, 6.45) is 1.52. The zero-order valence-corrected chi connectivity index (χ0v) is 11.7. The number of benzene rings is 1. The highest BCUT2D eigenvalue weighted by molar-refractivity contribution is 6.17. The average molecular weight is 282 g/mol. The van der Waals surface area contributed by atoms with Gasteiger partial charge in [0.15, 0.2) is 5.82 Å². The van der Waals surface area contributed by atoms with Crippen molar-refractivity contribution in [2.75, 3.05) is 7.11 Å². The van der Waals surface area contributed by atoms with E-state index in [4.69, 9.17) is 21.1 Å². The van der Waals surface area contributed by atoms with Crippen LogP contribution >= 0.6 is 11.6 Å². The van der Waals surface area contributed by atoms with Gasteiger partial charge in [-0.15, -0.1) is 11.6 Å². The Morgan fingerprint density at radius 2 is 2.21 bits per heavy atom. The number of rotatable bonds is 6. The van der Waals surface area contributed by atoms with Crippen LogP contribution in [0.5, 0.6) is 11.5 Å². The number of nitrogens with zero attached hydrogens (tertiary/aromatic N) is 3. The lowest BCUT2D eigenvalue weighted by atomic mass is 10.2. The van der Waals surface area contributed by atoms with Crippen LogP contribution in [-0.4, -0.2) is 21.9 Å². The number of aryl methyl sites for hydroxylation is 1. The minimum Gasteiger partial charge on any atom is -0.497 e. The van der Waals surface area contributed by atoms with E-state index in [-0.39, 0.29) is 0 Å². The Morgan fingerprint density at radius 3 is 2.89 bits per heavy atom. The largest absolute Gasteiger partial charge is 0.497 e. The quantitative estimate of drug-likeness (QED) is 0.764. The second-order valence-corrected chi connectivity index (χ2v) is 4.16. The molecule has 2 aromatic rings. The summed E-state index contributed by atoms with van der Waals surface area (Å²) < 4.78 is 12.7. The summed E-state index contributed by atoms with van der Waals surface area (Å²) in [4.78, 5) is 4.16. The van der Waals surface area contributed by atoms with Gasteiger partial charge in [-0.2, -0.15) is 5.10 Å². The summed E-state index contributed by atoms with van der Waals surface area (Å²) in [6, 6.07) is 5.58. The molecule has 0 bridgehead atoms. The molecule has 0 unspecified atom stereocenters. The Bertz CT molecular complexity index is 542. The predicted molar refractivity (Wildman–Crippen MR) is 72.6 cm³/mol. The first-order valence-electron chi connectivity index (χ1n) is 6.00. The fourth-order valence-corrected chi connectivity index (χ4v) is 1.93. The molecule has 0 atom stereocenters. The van der Waals surface area contributed by atoms with E-state index in [1.54, 1.807) is 11.8 Å². The van der Waals surface area contributed by atoms with E-state index in [1.165, 1.54) is 6.33 Å². The molecule has 6 heteroatoms. The van der Waals surface area contributed by atoms with Crippen LogP contribution in [-0.2, 0) is 19.0 Å². The Balaban J connectivity index is 2.14. The molecule has 1 heterocycles. The minimum absolute atomic E-state index is 0.352. The first-order chi connectivity index (χ1) is 9.28. The van der Waals surface area contributed by atoms with Gasteiger partial charge >= 0.3 is 0 Å². The first-order valence-corrected chi connectivity index (χ1v) is 6.54. The van der Waals surface area contributed by atoms with E-state index in [0.717, 1.165) is 23.7 Å². The number of hydrogen-bond donors (Lipinski definition) is 0. The van der Waals surface area contributed by atoms with E-state index in [9.17, 15) is 0 Å². The number of alkyl halides is 1. The van der Waals surface area contributed by atoms with Crippen LogP contribution in [0.2, 0.25) is 0 Å². The van der Waals surface area contributed by atoms with E-state index in [0.29, 0.717) is 18.2 Å². The smallest absolute Gasteiger partial charge is 0.164 e. The number of ether oxygens (including phenoxy) is 2. The van der Waals surface area contributed by atoms with Crippen LogP contribution in [0, 0.1) is 0 Å². The van der Waals surface area contributed by atoms with Crippen molar-refractivity contribution in [1.29, 1.82) is 0 Å². The summed E-state index contributed by atoms with van der Waals surface area (Å²) in [7, 11) is 1.62. The van der Waals surface area contributed by atoms with Gasteiger partial charge in [-0.3, -0.25) is 0 Å². The molecule has 5 nitrogen and oxygen atoms in total. The van der Waals surface area contributed by atoms with Crippen LogP contribution in [0.4, 0.5) is 0 Å². The molecule has 0 saturated carbocycles. The molecular formula is C13H16ClN3O2. The van der Waals surface area contributed by atoms with Crippen LogP contribution in [0.15, 0.2) is 24.5 Å². The van der Waals surface area contributed by atoms with Gasteiger partial charge in [0, 0.05) is 18.2 Å². The van der Waals surface area contributed by atoms with Gasteiger partial charge in [-0.05, 0) is 13.0 Å². The van der Waals surface area contributed by atoms with Crippen molar-refractivity contribution >= 4 is 11.6 Å². The highest BCUT2D eigenvalue weighted by Crippen LogP contribution is 2.26. The maximum absolute atomic E-state index is 5.89. The molecule has 0 N–H and O–H groups in total. The third kappa shape index (κ3) is 3.17. The molecule has 0 radical (unpaired) electrons. The monoisotopic (exact) mass is 281 g/mol. The lowest BCUT2D eigenvalue weighted by molar-refractivity contribution is 0.283. The summed E-state index contributed by atoms with van der Waals surface area (Å²) in [5.74, 6) is 2.62. The number of halogens is 1. The van der Waals surface area contributed by atoms with Gasteiger partial charge < -0.3 is 9.47 Å². The molecule has 0 saturated heterocycles.